The number of benzene rings is 1. The molecular formula is C16H23NO2. The normalized spacial score (nSPS) is 24.0. The second-order valence-corrected chi connectivity index (χ2v) is 6.15. The van der Waals surface area contributed by atoms with Crippen LogP contribution in [-0.2, 0) is 4.74 Å². The summed E-state index contributed by atoms with van der Waals surface area (Å²) in [6, 6.07) is 8.53. The summed E-state index contributed by atoms with van der Waals surface area (Å²) in [6.45, 7) is 6.86. The van der Waals surface area contributed by atoms with E-state index in [0.29, 0.717) is 0 Å². The van der Waals surface area contributed by atoms with Crippen LogP contribution in [-0.4, -0.2) is 25.4 Å². The highest BCUT2D eigenvalue weighted by Gasteiger charge is 2.40. The molecule has 1 aromatic rings. The van der Waals surface area contributed by atoms with E-state index >= 15 is 0 Å². The molecule has 1 N–H and O–H groups in total. The Morgan fingerprint density at radius 1 is 1.32 bits per heavy atom. The maximum atomic E-state index is 6.01. The Morgan fingerprint density at radius 3 is 2.89 bits per heavy atom. The number of hydrogen-bond donors (Lipinski definition) is 1. The third-order valence-corrected chi connectivity index (χ3v) is 3.94. The lowest BCUT2D eigenvalue weighted by molar-refractivity contribution is 0.0838. The molecule has 1 heterocycles. The molecule has 1 aliphatic carbocycles. The number of hydrogen-bond acceptors (Lipinski definition) is 3. The molecule has 0 radical (unpaired) electrons. The van der Waals surface area contributed by atoms with E-state index in [1.165, 1.54) is 18.4 Å². The second kappa shape index (κ2) is 5.14. The first-order valence-electron chi connectivity index (χ1n) is 7.26. The highest BCUT2D eigenvalue weighted by atomic mass is 16.5. The van der Waals surface area contributed by atoms with E-state index in [0.717, 1.165) is 31.4 Å². The maximum Gasteiger partial charge on any atom is 0.125 e. The van der Waals surface area contributed by atoms with E-state index in [4.69, 9.17) is 9.47 Å². The van der Waals surface area contributed by atoms with Gasteiger partial charge in [-0.15, -0.1) is 0 Å². The molecule has 0 aromatic heterocycles. The molecule has 1 aromatic carbocycles. The lowest BCUT2D eigenvalue weighted by Gasteiger charge is -2.27. The van der Waals surface area contributed by atoms with Crippen molar-refractivity contribution in [1.82, 2.24) is 5.32 Å². The molecule has 0 spiro atoms. The zero-order valence-electron chi connectivity index (χ0n) is 11.8. The fourth-order valence-electron chi connectivity index (χ4n) is 2.69. The summed E-state index contributed by atoms with van der Waals surface area (Å²) in [7, 11) is 0. The van der Waals surface area contributed by atoms with Crippen LogP contribution >= 0.6 is 0 Å². The van der Waals surface area contributed by atoms with Crippen LogP contribution in [0, 0.1) is 5.92 Å². The minimum atomic E-state index is -0.194. The zero-order chi connectivity index (χ0) is 13.3. The molecule has 3 heteroatoms. The van der Waals surface area contributed by atoms with Crippen molar-refractivity contribution in [3.63, 3.8) is 0 Å². The molecule has 1 aliphatic heterocycles. The monoisotopic (exact) mass is 261 g/mol. The Balaban J connectivity index is 1.53. The third-order valence-electron chi connectivity index (χ3n) is 3.94. The molecule has 19 heavy (non-hydrogen) atoms. The molecule has 1 atom stereocenters. The van der Waals surface area contributed by atoms with Gasteiger partial charge in [0.15, 0.2) is 0 Å². The predicted octanol–water partition coefficient (Wildman–Crippen LogP) is 2.91. The van der Waals surface area contributed by atoms with Crippen LogP contribution < -0.4 is 10.1 Å². The summed E-state index contributed by atoms with van der Waals surface area (Å²) >= 11 is 0. The Labute approximate surface area is 115 Å². The van der Waals surface area contributed by atoms with Gasteiger partial charge in [-0.1, -0.05) is 18.2 Å². The fourth-order valence-corrected chi connectivity index (χ4v) is 2.69. The summed E-state index contributed by atoms with van der Waals surface area (Å²) in [5.41, 5.74) is 1.06. The topological polar surface area (TPSA) is 30.5 Å². The van der Waals surface area contributed by atoms with Crippen LogP contribution in [0.15, 0.2) is 24.3 Å². The molecule has 0 amide bonds. The molecule has 3 rings (SSSR count). The highest BCUT2D eigenvalue weighted by Crippen LogP contribution is 2.42. The summed E-state index contributed by atoms with van der Waals surface area (Å²) in [4.78, 5) is 0. The standard InChI is InChI=1S/C16H23NO2/c1-16(2)15(13-5-3-4-6-14(13)19-16)17-9-10-18-11-12-7-8-12/h3-6,12,15,17H,7-11H2,1-2H3. The van der Waals surface area contributed by atoms with Crippen LogP contribution in [0.3, 0.4) is 0 Å². The first-order chi connectivity index (χ1) is 9.17. The van der Waals surface area contributed by atoms with Crippen LogP contribution in [0.2, 0.25) is 0 Å². The summed E-state index contributed by atoms with van der Waals surface area (Å²) in [5, 5.41) is 3.57. The quantitative estimate of drug-likeness (QED) is 0.799. The zero-order valence-corrected chi connectivity index (χ0v) is 11.8. The number of nitrogens with one attached hydrogen (secondary N) is 1. The Hall–Kier alpha value is -1.06. The van der Waals surface area contributed by atoms with E-state index in [9.17, 15) is 0 Å². The van der Waals surface area contributed by atoms with E-state index in [-0.39, 0.29) is 11.6 Å². The molecule has 2 aliphatic rings. The highest BCUT2D eigenvalue weighted by molar-refractivity contribution is 5.42. The lowest BCUT2D eigenvalue weighted by atomic mass is 9.94. The molecule has 0 bridgehead atoms. The van der Waals surface area contributed by atoms with Crippen LogP contribution in [0.1, 0.15) is 38.3 Å². The Bertz CT molecular complexity index is 440. The number of fused-ring (bicyclic) bond motifs is 1. The average Bonchev–Trinajstić information content (AvgIpc) is 3.14. The van der Waals surface area contributed by atoms with E-state index in [1.54, 1.807) is 0 Å². The van der Waals surface area contributed by atoms with Gasteiger partial charge in [0.05, 0.1) is 12.6 Å². The van der Waals surface area contributed by atoms with Crippen LogP contribution in [0.5, 0.6) is 5.75 Å². The van der Waals surface area contributed by atoms with Crippen molar-refractivity contribution in [3.05, 3.63) is 29.8 Å². The Kier molecular flexibility index (Phi) is 3.50. The van der Waals surface area contributed by atoms with Crippen molar-refractivity contribution in [2.75, 3.05) is 19.8 Å². The number of ether oxygens (including phenoxy) is 2. The minimum Gasteiger partial charge on any atom is -0.486 e. The largest absolute Gasteiger partial charge is 0.486 e. The van der Waals surface area contributed by atoms with Gasteiger partial charge >= 0.3 is 0 Å². The molecule has 1 fully saturated rings. The van der Waals surface area contributed by atoms with Gasteiger partial charge in [-0.3, -0.25) is 0 Å². The molecular weight excluding hydrogens is 238 g/mol. The van der Waals surface area contributed by atoms with Gasteiger partial charge in [-0.2, -0.15) is 0 Å². The predicted molar refractivity (Wildman–Crippen MR) is 75.4 cm³/mol. The van der Waals surface area contributed by atoms with Gasteiger partial charge in [0.1, 0.15) is 11.4 Å². The molecule has 0 saturated heterocycles. The molecule has 3 nitrogen and oxygen atoms in total. The van der Waals surface area contributed by atoms with Crippen molar-refractivity contribution in [1.29, 1.82) is 0 Å². The first kappa shape index (κ1) is 12.9. The van der Waals surface area contributed by atoms with Crippen molar-refractivity contribution in [2.45, 2.75) is 38.3 Å². The molecule has 1 unspecified atom stereocenters. The van der Waals surface area contributed by atoms with Crippen molar-refractivity contribution in [3.8, 4) is 5.75 Å². The van der Waals surface area contributed by atoms with Crippen LogP contribution in [0.4, 0.5) is 0 Å². The second-order valence-electron chi connectivity index (χ2n) is 6.15. The van der Waals surface area contributed by atoms with Gasteiger partial charge in [-0.05, 0) is 38.7 Å². The SMILES string of the molecule is CC1(C)Oc2ccccc2C1NCCOCC1CC1. The summed E-state index contributed by atoms with van der Waals surface area (Å²) < 4.78 is 11.7. The van der Waals surface area contributed by atoms with Gasteiger partial charge in [0.25, 0.3) is 0 Å². The van der Waals surface area contributed by atoms with E-state index in [2.05, 4.69) is 31.3 Å². The van der Waals surface area contributed by atoms with Crippen molar-refractivity contribution in [2.24, 2.45) is 5.92 Å². The fraction of sp³-hybridized carbons (Fsp3) is 0.625. The first-order valence-corrected chi connectivity index (χ1v) is 7.26. The summed E-state index contributed by atoms with van der Waals surface area (Å²) in [6.07, 6.45) is 2.70. The summed E-state index contributed by atoms with van der Waals surface area (Å²) in [5.74, 6) is 1.84. The lowest BCUT2D eigenvalue weighted by Crippen LogP contribution is -2.40. The Morgan fingerprint density at radius 2 is 2.11 bits per heavy atom. The minimum absolute atomic E-state index is 0.194. The molecule has 104 valence electrons. The van der Waals surface area contributed by atoms with Gasteiger partial charge in [-0.25, -0.2) is 0 Å². The van der Waals surface area contributed by atoms with Crippen LogP contribution in [0.25, 0.3) is 0 Å². The van der Waals surface area contributed by atoms with Gasteiger partial charge in [0.2, 0.25) is 0 Å². The molecule has 1 saturated carbocycles. The smallest absolute Gasteiger partial charge is 0.125 e. The van der Waals surface area contributed by atoms with Gasteiger partial charge < -0.3 is 14.8 Å². The number of rotatable bonds is 6. The van der Waals surface area contributed by atoms with E-state index < -0.39 is 0 Å². The van der Waals surface area contributed by atoms with E-state index in [1.807, 2.05) is 12.1 Å². The van der Waals surface area contributed by atoms with Gasteiger partial charge in [0, 0.05) is 18.7 Å². The van der Waals surface area contributed by atoms with Crippen molar-refractivity contribution < 1.29 is 9.47 Å². The van der Waals surface area contributed by atoms with Crippen molar-refractivity contribution >= 4 is 0 Å². The third kappa shape index (κ3) is 2.93. The number of para-hydroxylation sites is 1. The maximum absolute atomic E-state index is 6.01. The average molecular weight is 261 g/mol.